The van der Waals surface area contributed by atoms with Crippen LogP contribution < -0.4 is 15.2 Å². The van der Waals surface area contributed by atoms with Crippen LogP contribution in [-0.4, -0.2) is 22.0 Å². The summed E-state index contributed by atoms with van der Waals surface area (Å²) in [6, 6.07) is 20.5. The van der Waals surface area contributed by atoms with Gasteiger partial charge in [0.05, 0.1) is 23.2 Å². The Bertz CT molecular complexity index is 1930. The van der Waals surface area contributed by atoms with Crippen LogP contribution in [0, 0.1) is 13.8 Å². The van der Waals surface area contributed by atoms with Crippen molar-refractivity contribution in [2.75, 3.05) is 9.80 Å². The number of aromatic nitrogens is 2. The van der Waals surface area contributed by atoms with Gasteiger partial charge in [0.15, 0.2) is 11.0 Å². The third kappa shape index (κ3) is 3.21. The summed E-state index contributed by atoms with van der Waals surface area (Å²) in [5, 5.41) is 9.83. The standard InChI is InChI=1S/C31H24N4O4S/c1-4-24-32-33-30(40-24)35-28(37)27-25(26(36)20-15-18(3)11-14-23(20)39-27)31(35)21-7-5-6-8-22(21)34(29(31)38)16-19-12-9-17(2)10-13-19/h5-15H,4,16H2,1-3H3. The molecule has 40 heavy (non-hydrogen) atoms. The molecule has 0 saturated heterocycles. The Balaban J connectivity index is 1.55. The fourth-order valence-corrected chi connectivity index (χ4v) is 6.62. The smallest absolute Gasteiger partial charge is 0.297 e. The van der Waals surface area contributed by atoms with Gasteiger partial charge in [0.2, 0.25) is 10.9 Å². The fraction of sp³-hybridized carbons (Fsp3) is 0.194. The Labute approximate surface area is 233 Å². The van der Waals surface area contributed by atoms with Crippen LogP contribution in [0.3, 0.4) is 0 Å². The molecule has 9 heteroatoms. The SMILES string of the molecule is CCc1nnc(N2C(=O)c3oc4ccc(C)cc4c(=O)c3C23C(=O)N(Cc2ccc(C)cc2)c2ccccc23)s1. The minimum Gasteiger partial charge on any atom is -0.450 e. The molecule has 3 aromatic carbocycles. The van der Waals surface area contributed by atoms with Crippen LogP contribution in [0.4, 0.5) is 10.8 Å². The topological polar surface area (TPSA) is 96.6 Å². The van der Waals surface area contributed by atoms with Crippen molar-refractivity contribution < 1.29 is 14.0 Å². The monoisotopic (exact) mass is 548 g/mol. The third-order valence-electron chi connectivity index (χ3n) is 7.69. The van der Waals surface area contributed by atoms with Gasteiger partial charge in [0.1, 0.15) is 10.6 Å². The highest BCUT2D eigenvalue weighted by molar-refractivity contribution is 7.15. The summed E-state index contributed by atoms with van der Waals surface area (Å²) in [7, 11) is 0. The average molecular weight is 549 g/mol. The molecule has 0 saturated carbocycles. The Kier molecular flexibility index (Phi) is 5.30. The maximum absolute atomic E-state index is 14.9. The highest BCUT2D eigenvalue weighted by Gasteiger charge is 2.66. The van der Waals surface area contributed by atoms with Gasteiger partial charge in [-0.05, 0) is 44.0 Å². The Morgan fingerprint density at radius 2 is 1.68 bits per heavy atom. The number of hydrogen-bond donors (Lipinski definition) is 0. The number of aryl methyl sites for hydroxylation is 3. The van der Waals surface area contributed by atoms with E-state index >= 15 is 0 Å². The third-order valence-corrected chi connectivity index (χ3v) is 8.74. The lowest BCUT2D eigenvalue weighted by Crippen LogP contribution is -2.53. The normalized spacial score (nSPS) is 17.8. The Hall–Kier alpha value is -4.63. The van der Waals surface area contributed by atoms with E-state index in [1.807, 2.05) is 69.3 Å². The van der Waals surface area contributed by atoms with E-state index in [9.17, 15) is 14.4 Å². The molecular weight excluding hydrogens is 524 g/mol. The molecule has 2 amide bonds. The van der Waals surface area contributed by atoms with E-state index < -0.39 is 22.8 Å². The van der Waals surface area contributed by atoms with Gasteiger partial charge in [-0.3, -0.25) is 19.3 Å². The quantitative estimate of drug-likeness (QED) is 0.303. The summed E-state index contributed by atoms with van der Waals surface area (Å²) < 4.78 is 6.15. The molecule has 1 atom stereocenters. The first kappa shape index (κ1) is 24.4. The number of hydrogen-bond acceptors (Lipinski definition) is 7. The van der Waals surface area contributed by atoms with Gasteiger partial charge in [-0.1, -0.05) is 77.9 Å². The molecule has 198 valence electrons. The zero-order valence-corrected chi connectivity index (χ0v) is 22.9. The van der Waals surface area contributed by atoms with E-state index in [2.05, 4.69) is 10.2 Å². The average Bonchev–Trinajstić information content (AvgIpc) is 3.60. The van der Waals surface area contributed by atoms with Gasteiger partial charge >= 0.3 is 0 Å². The van der Waals surface area contributed by atoms with Gasteiger partial charge in [-0.15, -0.1) is 10.2 Å². The van der Waals surface area contributed by atoms with Crippen molar-refractivity contribution in [3.63, 3.8) is 0 Å². The number of fused-ring (bicyclic) bond motifs is 5. The highest BCUT2D eigenvalue weighted by Crippen LogP contribution is 2.54. The molecule has 2 aliphatic rings. The number of amides is 2. The Morgan fingerprint density at radius 3 is 2.42 bits per heavy atom. The zero-order valence-electron chi connectivity index (χ0n) is 22.1. The van der Waals surface area contributed by atoms with Crippen molar-refractivity contribution in [3.8, 4) is 0 Å². The minimum atomic E-state index is -1.78. The zero-order chi connectivity index (χ0) is 27.8. The number of rotatable bonds is 4. The second-order valence-electron chi connectivity index (χ2n) is 10.2. The molecule has 0 radical (unpaired) electrons. The van der Waals surface area contributed by atoms with Gasteiger partial charge in [0, 0.05) is 5.56 Å². The second kappa shape index (κ2) is 8.69. The van der Waals surface area contributed by atoms with Crippen molar-refractivity contribution in [1.82, 2.24) is 10.2 Å². The van der Waals surface area contributed by atoms with Crippen molar-refractivity contribution in [2.45, 2.75) is 39.3 Å². The van der Waals surface area contributed by atoms with Gasteiger partial charge in [-0.2, -0.15) is 0 Å². The molecule has 1 unspecified atom stereocenters. The first-order valence-corrected chi connectivity index (χ1v) is 13.9. The van der Waals surface area contributed by atoms with Crippen LogP contribution >= 0.6 is 11.3 Å². The lowest BCUT2D eigenvalue weighted by molar-refractivity contribution is -0.121. The van der Waals surface area contributed by atoms with Crippen LogP contribution in [0.15, 0.2) is 75.9 Å². The predicted molar refractivity (Wildman–Crippen MR) is 153 cm³/mol. The maximum atomic E-state index is 14.9. The largest absolute Gasteiger partial charge is 0.450 e. The molecule has 0 aliphatic carbocycles. The molecule has 1 spiro atoms. The molecule has 2 aromatic heterocycles. The summed E-state index contributed by atoms with van der Waals surface area (Å²) in [4.78, 5) is 46.4. The number of carbonyl (C=O) groups excluding carboxylic acids is 2. The van der Waals surface area contributed by atoms with E-state index in [4.69, 9.17) is 4.42 Å². The number of para-hydroxylation sites is 1. The van der Waals surface area contributed by atoms with Crippen LogP contribution in [0.2, 0.25) is 0 Å². The lowest BCUT2D eigenvalue weighted by atomic mass is 9.84. The minimum absolute atomic E-state index is 0.0210. The van der Waals surface area contributed by atoms with Crippen molar-refractivity contribution in [2.24, 2.45) is 0 Å². The Morgan fingerprint density at radius 1 is 0.925 bits per heavy atom. The summed E-state index contributed by atoms with van der Waals surface area (Å²) >= 11 is 1.23. The number of benzene rings is 3. The fourth-order valence-electron chi connectivity index (χ4n) is 5.79. The van der Waals surface area contributed by atoms with E-state index in [1.165, 1.54) is 16.2 Å². The van der Waals surface area contributed by atoms with Crippen molar-refractivity contribution >= 4 is 44.9 Å². The molecule has 5 aromatic rings. The van der Waals surface area contributed by atoms with E-state index in [1.54, 1.807) is 23.1 Å². The lowest BCUT2D eigenvalue weighted by Gasteiger charge is -2.32. The summed E-state index contributed by atoms with van der Waals surface area (Å²) in [6.45, 7) is 6.10. The van der Waals surface area contributed by atoms with E-state index in [-0.39, 0.29) is 23.0 Å². The summed E-state index contributed by atoms with van der Waals surface area (Å²) in [6.07, 6.45) is 0.615. The second-order valence-corrected chi connectivity index (χ2v) is 11.3. The first-order chi connectivity index (χ1) is 19.3. The van der Waals surface area contributed by atoms with Gasteiger partial charge in [-0.25, -0.2) is 0 Å². The summed E-state index contributed by atoms with van der Waals surface area (Å²) in [5.74, 6) is -1.14. The molecule has 8 nitrogen and oxygen atoms in total. The first-order valence-electron chi connectivity index (χ1n) is 13.1. The van der Waals surface area contributed by atoms with Gasteiger partial charge < -0.3 is 9.32 Å². The highest BCUT2D eigenvalue weighted by atomic mass is 32.1. The molecule has 7 rings (SSSR count). The molecule has 4 heterocycles. The van der Waals surface area contributed by atoms with Crippen LogP contribution in [0.25, 0.3) is 11.0 Å². The molecule has 2 aliphatic heterocycles. The molecule has 0 N–H and O–H groups in total. The number of anilines is 2. The van der Waals surface area contributed by atoms with Gasteiger partial charge in [0.25, 0.3) is 11.8 Å². The summed E-state index contributed by atoms with van der Waals surface area (Å²) in [5.41, 5.74) is 2.19. The predicted octanol–water partition coefficient (Wildman–Crippen LogP) is 5.27. The van der Waals surface area contributed by atoms with Crippen LogP contribution in [0.1, 0.15) is 50.3 Å². The van der Waals surface area contributed by atoms with E-state index in [0.717, 1.165) is 16.7 Å². The van der Waals surface area contributed by atoms with Crippen molar-refractivity contribution in [3.05, 3.63) is 116 Å². The molecule has 0 bridgehead atoms. The van der Waals surface area contributed by atoms with Crippen LogP contribution in [-0.2, 0) is 23.3 Å². The maximum Gasteiger partial charge on any atom is 0.297 e. The number of carbonyl (C=O) groups is 2. The van der Waals surface area contributed by atoms with E-state index in [0.29, 0.717) is 33.6 Å². The molecular formula is C31H24N4O4S. The van der Waals surface area contributed by atoms with Crippen molar-refractivity contribution in [1.29, 1.82) is 0 Å². The number of nitrogens with zero attached hydrogens (tertiary/aromatic N) is 4. The molecule has 0 fully saturated rings. The van der Waals surface area contributed by atoms with Crippen LogP contribution in [0.5, 0.6) is 0 Å².